The van der Waals surface area contributed by atoms with E-state index < -0.39 is 0 Å². The van der Waals surface area contributed by atoms with Crippen molar-refractivity contribution in [1.82, 2.24) is 20.2 Å². The second-order valence-electron chi connectivity index (χ2n) is 4.89. The van der Waals surface area contributed by atoms with Gasteiger partial charge < -0.3 is 0 Å². The Morgan fingerprint density at radius 3 is 2.75 bits per heavy atom. The summed E-state index contributed by atoms with van der Waals surface area (Å²) >= 11 is 4.88. The summed E-state index contributed by atoms with van der Waals surface area (Å²) in [6, 6.07) is 6.02. The monoisotopic (exact) mass is 351 g/mol. The SMILES string of the molecule is Brc1nc([N]c2cccc(CN3CCCCC3)n2)cs1. The summed E-state index contributed by atoms with van der Waals surface area (Å²) in [5.41, 5.74) is 1.09. The Morgan fingerprint density at radius 2 is 2.00 bits per heavy atom. The van der Waals surface area contributed by atoms with E-state index in [1.807, 2.05) is 17.5 Å². The quantitative estimate of drug-likeness (QED) is 0.839. The molecule has 0 atom stereocenters. The molecule has 2 aromatic rings. The van der Waals surface area contributed by atoms with Crippen LogP contribution in [-0.2, 0) is 6.54 Å². The van der Waals surface area contributed by atoms with Gasteiger partial charge in [0.15, 0.2) is 15.6 Å². The number of hydrogen-bond donors (Lipinski definition) is 0. The minimum Gasteiger partial charge on any atom is -0.298 e. The van der Waals surface area contributed by atoms with Crippen molar-refractivity contribution < 1.29 is 0 Å². The summed E-state index contributed by atoms with van der Waals surface area (Å²) in [4.78, 5) is 11.3. The number of hydrogen-bond acceptors (Lipinski definition) is 4. The van der Waals surface area contributed by atoms with E-state index in [4.69, 9.17) is 0 Å². The molecule has 0 spiro atoms. The molecule has 4 nitrogen and oxygen atoms in total. The van der Waals surface area contributed by atoms with Gasteiger partial charge in [0.05, 0.1) is 5.69 Å². The molecule has 0 aromatic carbocycles. The van der Waals surface area contributed by atoms with E-state index in [9.17, 15) is 0 Å². The molecule has 0 amide bonds. The molecule has 0 saturated carbocycles. The van der Waals surface area contributed by atoms with Crippen LogP contribution in [0.1, 0.15) is 25.0 Å². The van der Waals surface area contributed by atoms with Crippen molar-refractivity contribution in [3.05, 3.63) is 33.2 Å². The number of nitrogens with zero attached hydrogens (tertiary/aromatic N) is 4. The largest absolute Gasteiger partial charge is 0.298 e. The minimum absolute atomic E-state index is 0.712. The van der Waals surface area contributed by atoms with E-state index in [0.29, 0.717) is 5.82 Å². The molecule has 1 aliphatic rings. The smallest absolute Gasteiger partial charge is 0.166 e. The van der Waals surface area contributed by atoms with Gasteiger partial charge >= 0.3 is 0 Å². The van der Waals surface area contributed by atoms with Gasteiger partial charge in [-0.2, -0.15) is 0 Å². The second-order valence-corrected chi connectivity index (χ2v) is 7.03. The summed E-state index contributed by atoms with van der Waals surface area (Å²) in [5.74, 6) is 1.45. The van der Waals surface area contributed by atoms with Gasteiger partial charge in [-0.15, -0.1) is 11.3 Å². The van der Waals surface area contributed by atoms with E-state index >= 15 is 0 Å². The van der Waals surface area contributed by atoms with Gasteiger partial charge in [-0.05, 0) is 54.0 Å². The standard InChI is InChI=1S/C14H16BrN4S/c15-14-18-13(10-20-14)17-12-6-4-5-11(16-12)9-19-7-2-1-3-8-19/h4-6,10H,1-3,7-9H2. The van der Waals surface area contributed by atoms with E-state index in [1.165, 1.54) is 43.7 Å². The van der Waals surface area contributed by atoms with Crippen LogP contribution < -0.4 is 5.32 Å². The van der Waals surface area contributed by atoms with Gasteiger partial charge in [-0.25, -0.2) is 15.3 Å². The third-order valence-electron chi connectivity index (χ3n) is 3.32. The van der Waals surface area contributed by atoms with E-state index in [-0.39, 0.29) is 0 Å². The third-order valence-corrected chi connectivity index (χ3v) is 4.67. The molecule has 20 heavy (non-hydrogen) atoms. The first-order valence-electron chi connectivity index (χ1n) is 6.81. The minimum atomic E-state index is 0.712. The first kappa shape index (κ1) is 14.0. The maximum absolute atomic E-state index is 4.61. The molecular weight excluding hydrogens is 336 g/mol. The van der Waals surface area contributed by atoms with Crippen molar-refractivity contribution in [2.24, 2.45) is 0 Å². The molecule has 1 radical (unpaired) electrons. The Hall–Kier alpha value is -0.980. The molecule has 0 aliphatic carbocycles. The van der Waals surface area contributed by atoms with Crippen molar-refractivity contribution in [3.63, 3.8) is 0 Å². The zero-order valence-corrected chi connectivity index (χ0v) is 13.5. The average Bonchev–Trinajstić information content (AvgIpc) is 2.86. The normalized spacial score (nSPS) is 16.2. The van der Waals surface area contributed by atoms with Gasteiger partial charge in [-0.1, -0.05) is 12.5 Å². The fourth-order valence-electron chi connectivity index (χ4n) is 2.38. The van der Waals surface area contributed by atoms with Crippen LogP contribution in [0.5, 0.6) is 0 Å². The highest BCUT2D eigenvalue weighted by Crippen LogP contribution is 2.22. The summed E-state index contributed by atoms with van der Waals surface area (Å²) in [5, 5.41) is 6.38. The summed E-state index contributed by atoms with van der Waals surface area (Å²) < 4.78 is 0.848. The highest BCUT2D eigenvalue weighted by Gasteiger charge is 2.11. The first-order valence-corrected chi connectivity index (χ1v) is 8.48. The fourth-order valence-corrected chi connectivity index (χ4v) is 3.29. The molecule has 0 bridgehead atoms. The van der Waals surface area contributed by atoms with Crippen molar-refractivity contribution in [2.75, 3.05) is 13.1 Å². The van der Waals surface area contributed by atoms with Crippen LogP contribution >= 0.6 is 27.3 Å². The van der Waals surface area contributed by atoms with Crippen molar-refractivity contribution in [1.29, 1.82) is 0 Å². The van der Waals surface area contributed by atoms with Crippen LogP contribution in [0.25, 0.3) is 0 Å². The van der Waals surface area contributed by atoms with Gasteiger partial charge in [0, 0.05) is 11.9 Å². The van der Waals surface area contributed by atoms with Crippen LogP contribution in [0, 0.1) is 0 Å². The van der Waals surface area contributed by atoms with Gasteiger partial charge in [0.25, 0.3) is 0 Å². The average molecular weight is 352 g/mol. The molecule has 1 saturated heterocycles. The number of rotatable bonds is 4. The number of pyridine rings is 1. The molecule has 2 aromatic heterocycles. The molecule has 1 aliphatic heterocycles. The lowest BCUT2D eigenvalue weighted by Crippen LogP contribution is -2.29. The Morgan fingerprint density at radius 1 is 1.15 bits per heavy atom. The topological polar surface area (TPSA) is 43.1 Å². The molecule has 0 unspecified atom stereocenters. The third kappa shape index (κ3) is 3.77. The number of halogens is 1. The highest BCUT2D eigenvalue weighted by atomic mass is 79.9. The Bertz CT molecular complexity index is 566. The predicted molar refractivity (Wildman–Crippen MR) is 84.6 cm³/mol. The predicted octanol–water partition coefficient (Wildman–Crippen LogP) is 3.85. The van der Waals surface area contributed by atoms with E-state index in [1.54, 1.807) is 0 Å². The van der Waals surface area contributed by atoms with Crippen LogP contribution in [-0.4, -0.2) is 28.0 Å². The maximum Gasteiger partial charge on any atom is 0.166 e. The Labute approximate surface area is 131 Å². The molecule has 3 rings (SSSR count). The number of piperidine rings is 1. The van der Waals surface area contributed by atoms with Crippen LogP contribution in [0.2, 0.25) is 0 Å². The van der Waals surface area contributed by atoms with Crippen LogP contribution in [0.4, 0.5) is 11.6 Å². The summed E-state index contributed by atoms with van der Waals surface area (Å²) in [6.45, 7) is 3.29. The number of likely N-dealkylation sites (tertiary alicyclic amines) is 1. The molecule has 0 N–H and O–H groups in total. The maximum atomic E-state index is 4.61. The second kappa shape index (κ2) is 6.65. The van der Waals surface area contributed by atoms with Crippen molar-refractivity contribution >= 4 is 38.9 Å². The van der Waals surface area contributed by atoms with Crippen LogP contribution in [0.3, 0.4) is 0 Å². The zero-order valence-electron chi connectivity index (χ0n) is 11.1. The lowest BCUT2D eigenvalue weighted by molar-refractivity contribution is 0.218. The molecule has 6 heteroatoms. The fraction of sp³-hybridized carbons (Fsp3) is 0.429. The zero-order chi connectivity index (χ0) is 13.8. The van der Waals surface area contributed by atoms with Gasteiger partial charge in [0.1, 0.15) is 0 Å². The van der Waals surface area contributed by atoms with Crippen molar-refractivity contribution in [2.45, 2.75) is 25.8 Å². The molecule has 1 fully saturated rings. The van der Waals surface area contributed by atoms with E-state index in [0.717, 1.165) is 22.0 Å². The van der Waals surface area contributed by atoms with Gasteiger partial charge in [0.2, 0.25) is 0 Å². The lowest BCUT2D eigenvalue weighted by atomic mass is 10.1. The van der Waals surface area contributed by atoms with Crippen molar-refractivity contribution in [3.8, 4) is 0 Å². The van der Waals surface area contributed by atoms with Crippen LogP contribution in [0.15, 0.2) is 27.5 Å². The first-order chi connectivity index (χ1) is 9.79. The molecule has 3 heterocycles. The number of aromatic nitrogens is 2. The molecule has 105 valence electrons. The van der Waals surface area contributed by atoms with E-state index in [2.05, 4.69) is 42.2 Å². The number of thiazole rings is 1. The summed E-state index contributed by atoms with van der Waals surface area (Å²) in [7, 11) is 0. The summed E-state index contributed by atoms with van der Waals surface area (Å²) in [6.07, 6.45) is 3.96. The Balaban J connectivity index is 1.65. The van der Waals surface area contributed by atoms with Gasteiger partial charge in [-0.3, -0.25) is 4.90 Å². The molecular formula is C14H16BrN4S. The lowest BCUT2D eigenvalue weighted by Gasteiger charge is -2.25. The Kier molecular flexibility index (Phi) is 4.65. The highest BCUT2D eigenvalue weighted by molar-refractivity contribution is 9.11.